The molecule has 0 aliphatic rings. The largest absolute Gasteiger partial charge is 0.496 e. The van der Waals surface area contributed by atoms with Gasteiger partial charge in [0.05, 0.1) is 25.5 Å². The Hall–Kier alpha value is -3.94. The fraction of sp³-hybridized carbons (Fsp3) is 0.143. The van der Waals surface area contributed by atoms with Crippen molar-refractivity contribution < 1.29 is 19.1 Å². The number of anilines is 2. The first-order valence-electron chi connectivity index (χ1n) is 8.79. The molecule has 3 aromatic rings. The summed E-state index contributed by atoms with van der Waals surface area (Å²) in [5, 5.41) is 5.83. The van der Waals surface area contributed by atoms with E-state index in [2.05, 4.69) is 20.6 Å². The van der Waals surface area contributed by atoms with Gasteiger partial charge in [-0.2, -0.15) is 0 Å². The zero-order chi connectivity index (χ0) is 20.6. The van der Waals surface area contributed by atoms with E-state index in [1.54, 1.807) is 31.4 Å². The van der Waals surface area contributed by atoms with Crippen LogP contribution in [0.5, 0.6) is 5.75 Å². The number of methoxy groups -OCH3 is 2. The quantitative estimate of drug-likeness (QED) is 0.596. The number of benzene rings is 2. The average Bonchev–Trinajstić information content (AvgIpc) is 2.77. The molecule has 0 aliphatic carbocycles. The minimum Gasteiger partial charge on any atom is -0.496 e. The Morgan fingerprint density at radius 3 is 2.55 bits per heavy atom. The minimum atomic E-state index is -0.539. The molecule has 0 saturated carbocycles. The third kappa shape index (κ3) is 4.86. The molecule has 3 rings (SSSR count). The Kier molecular flexibility index (Phi) is 6.36. The van der Waals surface area contributed by atoms with Crippen LogP contribution in [-0.2, 0) is 11.3 Å². The molecule has 29 heavy (non-hydrogen) atoms. The number of nitrogens with one attached hydrogen (secondary N) is 2. The second kappa shape index (κ2) is 9.32. The van der Waals surface area contributed by atoms with E-state index in [4.69, 9.17) is 9.47 Å². The molecule has 2 aromatic carbocycles. The van der Waals surface area contributed by atoms with E-state index in [9.17, 15) is 9.59 Å². The van der Waals surface area contributed by atoms with E-state index in [1.807, 2.05) is 24.3 Å². The molecule has 148 valence electrons. The first-order valence-corrected chi connectivity index (χ1v) is 8.79. The van der Waals surface area contributed by atoms with Gasteiger partial charge in [-0.25, -0.2) is 14.8 Å². The maximum atomic E-state index is 12.6. The summed E-state index contributed by atoms with van der Waals surface area (Å²) < 4.78 is 10.1. The van der Waals surface area contributed by atoms with Crippen molar-refractivity contribution in [2.75, 3.05) is 24.9 Å². The number of para-hydroxylation sites is 2. The van der Waals surface area contributed by atoms with Gasteiger partial charge >= 0.3 is 5.97 Å². The highest BCUT2D eigenvalue weighted by Gasteiger charge is 2.15. The van der Waals surface area contributed by atoms with E-state index in [-0.39, 0.29) is 11.3 Å². The Bertz CT molecular complexity index is 1020. The van der Waals surface area contributed by atoms with E-state index >= 15 is 0 Å². The van der Waals surface area contributed by atoms with Crippen molar-refractivity contribution in [1.29, 1.82) is 0 Å². The maximum Gasteiger partial charge on any atom is 0.339 e. The molecule has 0 saturated heterocycles. The molecule has 1 aromatic heterocycles. The van der Waals surface area contributed by atoms with Crippen LogP contribution in [0.2, 0.25) is 0 Å². The molecular formula is C21H20N4O4. The fourth-order valence-corrected chi connectivity index (χ4v) is 2.68. The molecule has 1 heterocycles. The van der Waals surface area contributed by atoms with E-state index in [0.717, 1.165) is 11.3 Å². The first-order chi connectivity index (χ1) is 14.1. The summed E-state index contributed by atoms with van der Waals surface area (Å²) in [5.41, 5.74) is 1.70. The van der Waals surface area contributed by atoms with Crippen molar-refractivity contribution in [3.05, 3.63) is 77.7 Å². The average molecular weight is 392 g/mol. The number of aromatic nitrogens is 2. The molecule has 0 atom stereocenters. The Balaban J connectivity index is 1.73. The third-order valence-corrected chi connectivity index (χ3v) is 4.13. The zero-order valence-electron chi connectivity index (χ0n) is 16.0. The molecule has 0 unspecified atom stereocenters. The summed E-state index contributed by atoms with van der Waals surface area (Å²) in [6.07, 6.45) is 1.30. The third-order valence-electron chi connectivity index (χ3n) is 4.13. The molecule has 0 bridgehead atoms. The standard InChI is InChI=1S/C21H20N4O4/c1-28-18-10-6-3-7-14(18)12-22-19-11-17(23-13-24-19)20(26)25-16-9-5-4-8-15(16)21(27)29-2/h3-11,13H,12H2,1-2H3,(H,25,26)(H,22,23,24). The van der Waals surface area contributed by atoms with Crippen LogP contribution in [0.15, 0.2) is 60.9 Å². The normalized spacial score (nSPS) is 10.1. The van der Waals surface area contributed by atoms with Crippen LogP contribution in [0.4, 0.5) is 11.5 Å². The lowest BCUT2D eigenvalue weighted by Gasteiger charge is -2.11. The number of esters is 1. The Labute approximate surface area is 167 Å². The highest BCUT2D eigenvalue weighted by molar-refractivity contribution is 6.07. The number of nitrogens with zero attached hydrogens (tertiary/aromatic N) is 2. The number of amides is 1. The van der Waals surface area contributed by atoms with Crippen LogP contribution < -0.4 is 15.4 Å². The van der Waals surface area contributed by atoms with Gasteiger partial charge in [-0.3, -0.25) is 4.79 Å². The van der Waals surface area contributed by atoms with Gasteiger partial charge in [-0.15, -0.1) is 0 Å². The van der Waals surface area contributed by atoms with Crippen molar-refractivity contribution >= 4 is 23.4 Å². The number of carbonyl (C=O) groups is 2. The smallest absolute Gasteiger partial charge is 0.339 e. The van der Waals surface area contributed by atoms with E-state index in [1.165, 1.54) is 19.5 Å². The van der Waals surface area contributed by atoms with Gasteiger partial charge in [0.25, 0.3) is 5.91 Å². The van der Waals surface area contributed by atoms with Crippen molar-refractivity contribution in [1.82, 2.24) is 9.97 Å². The van der Waals surface area contributed by atoms with Crippen molar-refractivity contribution in [3.63, 3.8) is 0 Å². The number of hydrogen-bond donors (Lipinski definition) is 2. The predicted octanol–water partition coefficient (Wildman–Crippen LogP) is 3.14. The van der Waals surface area contributed by atoms with Gasteiger partial charge in [0, 0.05) is 18.2 Å². The molecule has 2 N–H and O–H groups in total. The minimum absolute atomic E-state index is 0.155. The van der Waals surface area contributed by atoms with Crippen LogP contribution >= 0.6 is 0 Å². The molecule has 0 spiro atoms. The topological polar surface area (TPSA) is 102 Å². The van der Waals surface area contributed by atoms with Crippen LogP contribution in [0.3, 0.4) is 0 Å². The van der Waals surface area contributed by atoms with E-state index < -0.39 is 11.9 Å². The molecular weight excluding hydrogens is 372 g/mol. The highest BCUT2D eigenvalue weighted by atomic mass is 16.5. The second-order valence-corrected chi connectivity index (χ2v) is 5.95. The summed E-state index contributed by atoms with van der Waals surface area (Å²) in [4.78, 5) is 32.6. The van der Waals surface area contributed by atoms with Crippen molar-refractivity contribution in [2.24, 2.45) is 0 Å². The number of carbonyl (C=O) groups excluding carboxylic acids is 2. The van der Waals surface area contributed by atoms with Crippen molar-refractivity contribution in [2.45, 2.75) is 6.54 Å². The van der Waals surface area contributed by atoms with Crippen LogP contribution in [-0.4, -0.2) is 36.1 Å². The monoisotopic (exact) mass is 392 g/mol. The number of hydrogen-bond acceptors (Lipinski definition) is 7. The van der Waals surface area contributed by atoms with Crippen LogP contribution in [0.25, 0.3) is 0 Å². The maximum absolute atomic E-state index is 12.6. The first kappa shape index (κ1) is 19.8. The molecule has 0 radical (unpaired) electrons. The van der Waals surface area contributed by atoms with Crippen molar-refractivity contribution in [3.8, 4) is 5.75 Å². The van der Waals surface area contributed by atoms with Gasteiger partial charge in [-0.1, -0.05) is 30.3 Å². The summed E-state index contributed by atoms with van der Waals surface area (Å²) in [5.74, 6) is 0.232. The summed E-state index contributed by atoms with van der Waals surface area (Å²) in [6.45, 7) is 0.466. The molecule has 1 amide bonds. The zero-order valence-corrected chi connectivity index (χ0v) is 16.0. The van der Waals surface area contributed by atoms with Gasteiger partial charge in [0.1, 0.15) is 23.6 Å². The van der Waals surface area contributed by atoms with Gasteiger partial charge in [-0.05, 0) is 18.2 Å². The SMILES string of the molecule is COC(=O)c1ccccc1NC(=O)c1cc(NCc2ccccc2OC)ncn1. The predicted molar refractivity (Wildman–Crippen MR) is 108 cm³/mol. The molecule has 8 nitrogen and oxygen atoms in total. The second-order valence-electron chi connectivity index (χ2n) is 5.95. The lowest BCUT2D eigenvalue weighted by Crippen LogP contribution is -2.17. The van der Waals surface area contributed by atoms with E-state index in [0.29, 0.717) is 18.1 Å². The van der Waals surface area contributed by atoms with Gasteiger partial charge in [0.2, 0.25) is 0 Å². The van der Waals surface area contributed by atoms with Gasteiger partial charge < -0.3 is 20.1 Å². The van der Waals surface area contributed by atoms with Crippen LogP contribution in [0.1, 0.15) is 26.4 Å². The Morgan fingerprint density at radius 1 is 1.00 bits per heavy atom. The summed E-state index contributed by atoms with van der Waals surface area (Å²) >= 11 is 0. The molecule has 0 fully saturated rings. The lowest BCUT2D eigenvalue weighted by atomic mass is 10.1. The summed E-state index contributed by atoms with van der Waals surface area (Å²) in [6, 6.07) is 15.7. The number of ether oxygens (including phenoxy) is 2. The molecule has 8 heteroatoms. The fourth-order valence-electron chi connectivity index (χ4n) is 2.68. The number of rotatable bonds is 7. The van der Waals surface area contributed by atoms with Crippen LogP contribution in [0, 0.1) is 0 Å². The molecule has 0 aliphatic heterocycles. The summed E-state index contributed by atoms with van der Waals surface area (Å²) in [7, 11) is 2.89. The van der Waals surface area contributed by atoms with Gasteiger partial charge in [0.15, 0.2) is 0 Å². The highest BCUT2D eigenvalue weighted by Crippen LogP contribution is 2.19. The Morgan fingerprint density at radius 2 is 1.76 bits per heavy atom. The lowest BCUT2D eigenvalue weighted by molar-refractivity contribution is 0.0602.